The number of benzene rings is 2. The van der Waals surface area contributed by atoms with Crippen LogP contribution in [0.25, 0.3) is 0 Å². The molecular formula is C28H33N3O3. The number of pyridine rings is 1. The highest BCUT2D eigenvalue weighted by atomic mass is 16.5. The van der Waals surface area contributed by atoms with Gasteiger partial charge in [0.25, 0.3) is 0 Å². The third kappa shape index (κ3) is 5.94. The number of nitrogens with one attached hydrogen (secondary N) is 1. The number of carbonyl (C=O) groups excluding carboxylic acids is 1. The van der Waals surface area contributed by atoms with Gasteiger partial charge in [0.15, 0.2) is 0 Å². The number of carbonyl (C=O) groups is 1. The number of rotatable bonds is 9. The molecule has 1 fully saturated rings. The molecule has 1 aromatic heterocycles. The number of aromatic nitrogens is 1. The second-order valence-corrected chi connectivity index (χ2v) is 9.00. The Morgan fingerprint density at radius 2 is 1.76 bits per heavy atom. The summed E-state index contributed by atoms with van der Waals surface area (Å²) >= 11 is 0. The smallest absolute Gasteiger partial charge is 0.226 e. The molecule has 6 heteroatoms. The fourth-order valence-electron chi connectivity index (χ4n) is 4.31. The molecule has 0 radical (unpaired) electrons. The predicted molar refractivity (Wildman–Crippen MR) is 133 cm³/mol. The molecule has 0 bridgehead atoms. The summed E-state index contributed by atoms with van der Waals surface area (Å²) < 4.78 is 11.2. The van der Waals surface area contributed by atoms with Gasteiger partial charge < -0.3 is 14.8 Å². The lowest BCUT2D eigenvalue weighted by molar-refractivity contribution is -0.133. The first-order valence-corrected chi connectivity index (χ1v) is 11.8. The first-order valence-electron chi connectivity index (χ1n) is 11.8. The zero-order chi connectivity index (χ0) is 23.8. The molecule has 0 unspecified atom stereocenters. The third-order valence-electron chi connectivity index (χ3n) is 6.61. The van der Waals surface area contributed by atoms with Gasteiger partial charge >= 0.3 is 0 Å². The lowest BCUT2D eigenvalue weighted by Crippen LogP contribution is -2.48. The second-order valence-electron chi connectivity index (χ2n) is 9.00. The van der Waals surface area contributed by atoms with E-state index in [2.05, 4.69) is 22.1 Å². The summed E-state index contributed by atoms with van der Waals surface area (Å²) in [6.45, 7) is 5.31. The minimum absolute atomic E-state index is 0.0613. The SMILES string of the molecule is COc1cccc([C@@H](NC(=O)C2(C)CCN(CCOc3ccccc3)CC2)c2ccccn2)c1. The predicted octanol–water partition coefficient (Wildman–Crippen LogP) is 4.48. The molecule has 1 saturated heterocycles. The maximum Gasteiger partial charge on any atom is 0.226 e. The molecule has 4 rings (SSSR count). The highest BCUT2D eigenvalue weighted by molar-refractivity contribution is 5.83. The van der Waals surface area contributed by atoms with Crippen molar-refractivity contribution in [1.82, 2.24) is 15.2 Å². The van der Waals surface area contributed by atoms with E-state index in [-0.39, 0.29) is 11.9 Å². The Kier molecular flexibility index (Phi) is 7.80. The molecule has 0 spiro atoms. The number of nitrogens with zero attached hydrogens (tertiary/aromatic N) is 2. The fourth-order valence-corrected chi connectivity index (χ4v) is 4.31. The van der Waals surface area contributed by atoms with Crippen LogP contribution in [0.15, 0.2) is 79.0 Å². The summed E-state index contributed by atoms with van der Waals surface area (Å²) in [6, 6.07) is 23.1. The summed E-state index contributed by atoms with van der Waals surface area (Å²) in [7, 11) is 1.65. The van der Waals surface area contributed by atoms with Crippen molar-refractivity contribution >= 4 is 5.91 Å². The topological polar surface area (TPSA) is 63.7 Å². The number of piperidine rings is 1. The Balaban J connectivity index is 1.37. The average molecular weight is 460 g/mol. The molecule has 1 N–H and O–H groups in total. The van der Waals surface area contributed by atoms with Crippen LogP contribution in [0.3, 0.4) is 0 Å². The molecule has 1 aliphatic heterocycles. The minimum Gasteiger partial charge on any atom is -0.497 e. The van der Waals surface area contributed by atoms with E-state index in [1.165, 1.54) is 0 Å². The lowest BCUT2D eigenvalue weighted by Gasteiger charge is -2.39. The molecule has 1 aliphatic rings. The van der Waals surface area contributed by atoms with E-state index < -0.39 is 5.41 Å². The van der Waals surface area contributed by atoms with Crippen LogP contribution in [0.5, 0.6) is 11.5 Å². The lowest BCUT2D eigenvalue weighted by atomic mass is 9.79. The molecule has 2 aromatic carbocycles. The summed E-state index contributed by atoms with van der Waals surface area (Å²) in [5, 5.41) is 3.29. The van der Waals surface area contributed by atoms with Gasteiger partial charge in [-0.1, -0.05) is 43.3 Å². The van der Waals surface area contributed by atoms with Gasteiger partial charge in [-0.05, 0) is 67.9 Å². The van der Waals surface area contributed by atoms with Crippen LogP contribution in [0, 0.1) is 5.41 Å². The van der Waals surface area contributed by atoms with Crippen molar-refractivity contribution < 1.29 is 14.3 Å². The zero-order valence-corrected chi connectivity index (χ0v) is 19.9. The van der Waals surface area contributed by atoms with E-state index in [4.69, 9.17) is 9.47 Å². The highest BCUT2D eigenvalue weighted by Gasteiger charge is 2.38. The Morgan fingerprint density at radius 3 is 2.47 bits per heavy atom. The van der Waals surface area contributed by atoms with Crippen LogP contribution in [-0.2, 0) is 4.79 Å². The average Bonchev–Trinajstić information content (AvgIpc) is 2.89. The largest absolute Gasteiger partial charge is 0.497 e. The van der Waals surface area contributed by atoms with E-state index in [9.17, 15) is 4.79 Å². The summed E-state index contributed by atoms with van der Waals surface area (Å²) in [6.07, 6.45) is 3.36. The fraction of sp³-hybridized carbons (Fsp3) is 0.357. The van der Waals surface area contributed by atoms with Gasteiger partial charge in [-0.25, -0.2) is 0 Å². The molecule has 178 valence electrons. The van der Waals surface area contributed by atoms with Crippen LogP contribution in [0.2, 0.25) is 0 Å². The number of ether oxygens (including phenoxy) is 2. The quantitative estimate of drug-likeness (QED) is 0.511. The van der Waals surface area contributed by atoms with E-state index >= 15 is 0 Å². The number of hydrogen-bond donors (Lipinski definition) is 1. The molecule has 1 atom stereocenters. The Bertz CT molecular complexity index is 1050. The van der Waals surface area contributed by atoms with Crippen LogP contribution in [-0.4, -0.2) is 49.1 Å². The molecule has 2 heterocycles. The molecule has 6 nitrogen and oxygen atoms in total. The van der Waals surface area contributed by atoms with Gasteiger partial charge in [0.2, 0.25) is 5.91 Å². The van der Waals surface area contributed by atoms with Gasteiger partial charge in [-0.3, -0.25) is 14.7 Å². The van der Waals surface area contributed by atoms with Gasteiger partial charge in [-0.15, -0.1) is 0 Å². The van der Waals surface area contributed by atoms with E-state index in [1.54, 1.807) is 13.3 Å². The normalized spacial score (nSPS) is 16.4. The van der Waals surface area contributed by atoms with Crippen molar-refractivity contribution in [1.29, 1.82) is 0 Å². The minimum atomic E-state index is -0.428. The van der Waals surface area contributed by atoms with Gasteiger partial charge in [0, 0.05) is 18.2 Å². The second kappa shape index (κ2) is 11.2. The first-order chi connectivity index (χ1) is 16.6. The Hall–Kier alpha value is -3.38. The molecule has 0 saturated carbocycles. The third-order valence-corrected chi connectivity index (χ3v) is 6.61. The van der Waals surface area contributed by atoms with Crippen molar-refractivity contribution in [2.24, 2.45) is 5.41 Å². The van der Waals surface area contributed by atoms with Crippen molar-refractivity contribution in [3.8, 4) is 11.5 Å². The van der Waals surface area contributed by atoms with Crippen molar-refractivity contribution in [3.63, 3.8) is 0 Å². The Labute approximate surface area is 201 Å². The number of amides is 1. The van der Waals surface area contributed by atoms with Crippen molar-refractivity contribution in [2.45, 2.75) is 25.8 Å². The standard InChI is InChI=1S/C28H33N3O3/c1-28(14-17-31(18-15-28)19-20-34-23-10-4-3-5-11-23)27(32)30-26(25-13-6-7-16-29-25)22-9-8-12-24(21-22)33-2/h3-13,16,21,26H,14-15,17-20H2,1-2H3,(H,30,32)/t26-/m1/s1. The molecule has 0 aliphatic carbocycles. The number of methoxy groups -OCH3 is 1. The highest BCUT2D eigenvalue weighted by Crippen LogP contribution is 2.33. The van der Waals surface area contributed by atoms with Crippen molar-refractivity contribution in [2.75, 3.05) is 33.4 Å². The van der Waals surface area contributed by atoms with E-state index in [0.717, 1.165) is 55.2 Å². The first kappa shape index (κ1) is 23.8. The molecule has 34 heavy (non-hydrogen) atoms. The summed E-state index contributed by atoms with van der Waals surface area (Å²) in [5.74, 6) is 1.71. The van der Waals surface area contributed by atoms with Crippen LogP contribution < -0.4 is 14.8 Å². The van der Waals surface area contributed by atoms with E-state index in [1.807, 2.05) is 72.8 Å². The maximum atomic E-state index is 13.5. The molecule has 1 amide bonds. The van der Waals surface area contributed by atoms with Crippen LogP contribution in [0.4, 0.5) is 0 Å². The van der Waals surface area contributed by atoms with E-state index in [0.29, 0.717) is 6.61 Å². The van der Waals surface area contributed by atoms with Crippen LogP contribution in [0.1, 0.15) is 37.1 Å². The maximum absolute atomic E-state index is 13.5. The molecular weight excluding hydrogens is 426 g/mol. The van der Waals surface area contributed by atoms with Gasteiger partial charge in [0.1, 0.15) is 18.1 Å². The summed E-state index contributed by atoms with van der Waals surface area (Å²) in [4.78, 5) is 20.4. The number of hydrogen-bond acceptors (Lipinski definition) is 5. The summed E-state index contributed by atoms with van der Waals surface area (Å²) in [5.41, 5.74) is 1.33. The monoisotopic (exact) mass is 459 g/mol. The Morgan fingerprint density at radius 1 is 1.03 bits per heavy atom. The zero-order valence-electron chi connectivity index (χ0n) is 19.9. The number of likely N-dealkylation sites (tertiary alicyclic amines) is 1. The number of para-hydroxylation sites is 1. The van der Waals surface area contributed by atoms with Gasteiger partial charge in [0.05, 0.1) is 18.8 Å². The van der Waals surface area contributed by atoms with Gasteiger partial charge in [-0.2, -0.15) is 0 Å². The van der Waals surface area contributed by atoms with Crippen molar-refractivity contribution in [3.05, 3.63) is 90.3 Å². The molecule has 3 aromatic rings. The van der Waals surface area contributed by atoms with Crippen LogP contribution >= 0.6 is 0 Å².